The van der Waals surface area contributed by atoms with Crippen LogP contribution in [0.3, 0.4) is 0 Å². The predicted octanol–water partition coefficient (Wildman–Crippen LogP) is 3.57. The molecule has 1 atom stereocenters. The van der Waals surface area contributed by atoms with Gasteiger partial charge in [0.1, 0.15) is 5.04 Å². The largest absolute Gasteiger partial charge is 0.364 e. The normalized spacial score (nSPS) is 16.0. The minimum atomic E-state index is -0.668. The zero-order valence-electron chi connectivity index (χ0n) is 14.8. The molecule has 130 valence electrons. The number of likely N-dealkylation sites (N-methyl/N-ethyl adjacent to an activating group) is 1. The SMILES string of the molecule is CCOC(C(=O)N(C)OC)c1ccc(C2=NCC(C)=C(C)S2)cc1. The van der Waals surface area contributed by atoms with Crippen molar-refractivity contribution in [3.63, 3.8) is 0 Å². The molecular formula is C18H24N2O3S. The number of allylic oxidation sites excluding steroid dienone is 1. The van der Waals surface area contributed by atoms with E-state index < -0.39 is 6.10 Å². The average molecular weight is 348 g/mol. The minimum absolute atomic E-state index is 0.231. The van der Waals surface area contributed by atoms with Gasteiger partial charge in [0.2, 0.25) is 0 Å². The smallest absolute Gasteiger partial charge is 0.279 e. The summed E-state index contributed by atoms with van der Waals surface area (Å²) in [7, 11) is 3.04. The number of aliphatic imine (C=N–C) groups is 1. The lowest BCUT2D eigenvalue weighted by atomic mass is 10.1. The molecule has 1 unspecified atom stereocenters. The maximum Gasteiger partial charge on any atom is 0.279 e. The zero-order chi connectivity index (χ0) is 17.7. The van der Waals surface area contributed by atoms with Crippen molar-refractivity contribution in [1.29, 1.82) is 0 Å². The first-order valence-corrected chi connectivity index (χ1v) is 8.71. The van der Waals surface area contributed by atoms with E-state index in [1.54, 1.807) is 18.8 Å². The molecule has 24 heavy (non-hydrogen) atoms. The van der Waals surface area contributed by atoms with Gasteiger partial charge in [0.05, 0.1) is 13.7 Å². The number of amides is 1. The van der Waals surface area contributed by atoms with Crippen LogP contribution in [0, 0.1) is 0 Å². The average Bonchev–Trinajstić information content (AvgIpc) is 2.61. The number of nitrogens with zero attached hydrogens (tertiary/aromatic N) is 2. The first-order valence-electron chi connectivity index (χ1n) is 7.90. The molecule has 0 saturated carbocycles. The molecule has 0 N–H and O–H groups in total. The molecule has 1 aliphatic rings. The molecule has 2 rings (SSSR count). The molecule has 1 aliphatic heterocycles. The van der Waals surface area contributed by atoms with Gasteiger partial charge in [-0.25, -0.2) is 5.06 Å². The third kappa shape index (κ3) is 4.26. The second kappa shape index (κ2) is 8.46. The van der Waals surface area contributed by atoms with Gasteiger partial charge < -0.3 is 4.74 Å². The van der Waals surface area contributed by atoms with Crippen molar-refractivity contribution >= 4 is 22.7 Å². The van der Waals surface area contributed by atoms with Gasteiger partial charge in [-0.3, -0.25) is 14.6 Å². The van der Waals surface area contributed by atoms with Gasteiger partial charge in [0.25, 0.3) is 5.91 Å². The summed E-state index contributed by atoms with van der Waals surface area (Å²) in [5.74, 6) is -0.231. The van der Waals surface area contributed by atoms with Crippen molar-refractivity contribution < 1.29 is 14.4 Å². The molecule has 5 nitrogen and oxygen atoms in total. The third-order valence-electron chi connectivity index (χ3n) is 3.91. The predicted molar refractivity (Wildman–Crippen MR) is 98.0 cm³/mol. The Kier molecular flexibility index (Phi) is 6.60. The van der Waals surface area contributed by atoms with Crippen LogP contribution in [-0.2, 0) is 14.4 Å². The van der Waals surface area contributed by atoms with E-state index in [2.05, 4.69) is 18.8 Å². The van der Waals surface area contributed by atoms with Crippen molar-refractivity contribution in [3.8, 4) is 0 Å². The van der Waals surface area contributed by atoms with Crippen LogP contribution in [-0.4, -0.2) is 43.3 Å². The van der Waals surface area contributed by atoms with E-state index >= 15 is 0 Å². The fourth-order valence-corrected chi connectivity index (χ4v) is 3.16. The quantitative estimate of drug-likeness (QED) is 0.738. The first kappa shape index (κ1) is 18.7. The van der Waals surface area contributed by atoms with Crippen molar-refractivity contribution in [2.45, 2.75) is 26.9 Å². The number of benzene rings is 1. The Hall–Kier alpha value is -1.63. The summed E-state index contributed by atoms with van der Waals surface area (Å²) in [5, 5.41) is 2.20. The fraction of sp³-hybridized carbons (Fsp3) is 0.444. The van der Waals surface area contributed by atoms with Crippen LogP contribution in [0.25, 0.3) is 0 Å². The maximum atomic E-state index is 12.4. The number of hydrogen-bond acceptors (Lipinski definition) is 5. The summed E-state index contributed by atoms with van der Waals surface area (Å²) in [5.41, 5.74) is 3.17. The Morgan fingerprint density at radius 1 is 1.33 bits per heavy atom. The molecule has 0 saturated heterocycles. The molecule has 0 radical (unpaired) electrons. The molecule has 1 heterocycles. The van der Waals surface area contributed by atoms with Gasteiger partial charge in [0, 0.05) is 19.2 Å². The lowest BCUT2D eigenvalue weighted by Gasteiger charge is -2.22. The third-order valence-corrected chi connectivity index (χ3v) is 5.13. The zero-order valence-corrected chi connectivity index (χ0v) is 15.6. The second-order valence-corrected chi connectivity index (χ2v) is 6.74. The molecule has 1 amide bonds. The summed E-state index contributed by atoms with van der Waals surface area (Å²) in [6.07, 6.45) is -0.668. The number of rotatable bonds is 6. The van der Waals surface area contributed by atoms with E-state index in [1.165, 1.54) is 22.7 Å². The molecule has 0 spiro atoms. The van der Waals surface area contributed by atoms with Gasteiger partial charge in [-0.15, -0.1) is 0 Å². The van der Waals surface area contributed by atoms with Gasteiger partial charge in [-0.1, -0.05) is 36.0 Å². The Balaban J connectivity index is 2.19. The molecule has 0 aromatic heterocycles. The molecule has 6 heteroatoms. The van der Waals surface area contributed by atoms with Crippen LogP contribution < -0.4 is 0 Å². The number of hydroxylamine groups is 2. The number of hydrogen-bond donors (Lipinski definition) is 0. The van der Waals surface area contributed by atoms with E-state index in [0.29, 0.717) is 6.61 Å². The lowest BCUT2D eigenvalue weighted by molar-refractivity contribution is -0.181. The molecule has 0 aliphatic carbocycles. The molecular weight excluding hydrogens is 324 g/mol. The van der Waals surface area contributed by atoms with Gasteiger partial charge >= 0.3 is 0 Å². The maximum absolute atomic E-state index is 12.4. The summed E-state index contributed by atoms with van der Waals surface area (Å²) >= 11 is 1.69. The lowest BCUT2D eigenvalue weighted by Crippen LogP contribution is -2.32. The van der Waals surface area contributed by atoms with Crippen molar-refractivity contribution in [3.05, 3.63) is 45.9 Å². The first-order chi connectivity index (χ1) is 11.5. The highest BCUT2D eigenvalue weighted by molar-refractivity contribution is 8.17. The second-order valence-electron chi connectivity index (χ2n) is 5.54. The van der Waals surface area contributed by atoms with Crippen molar-refractivity contribution in [2.75, 3.05) is 27.3 Å². The Labute approximate surface area is 147 Å². The fourth-order valence-electron chi connectivity index (χ4n) is 2.25. The number of carbonyl (C=O) groups excluding carboxylic acids is 1. The summed E-state index contributed by atoms with van der Waals surface area (Å²) in [4.78, 5) is 23.3. The van der Waals surface area contributed by atoms with Crippen LogP contribution in [0.1, 0.15) is 38.0 Å². The Morgan fingerprint density at radius 3 is 2.54 bits per heavy atom. The minimum Gasteiger partial charge on any atom is -0.364 e. The Morgan fingerprint density at radius 2 is 2.00 bits per heavy atom. The summed E-state index contributed by atoms with van der Waals surface area (Å²) in [6.45, 7) is 7.28. The number of carbonyl (C=O) groups is 1. The molecule has 0 fully saturated rings. The van der Waals surface area contributed by atoms with Crippen LogP contribution in [0.2, 0.25) is 0 Å². The van der Waals surface area contributed by atoms with Crippen molar-refractivity contribution in [1.82, 2.24) is 5.06 Å². The van der Waals surface area contributed by atoms with Crippen LogP contribution in [0.15, 0.2) is 39.7 Å². The molecule has 1 aromatic carbocycles. The van der Waals surface area contributed by atoms with Gasteiger partial charge in [0.15, 0.2) is 6.10 Å². The van der Waals surface area contributed by atoms with Gasteiger partial charge in [-0.05, 0) is 36.8 Å². The van der Waals surface area contributed by atoms with Crippen LogP contribution in [0.5, 0.6) is 0 Å². The van der Waals surface area contributed by atoms with Crippen molar-refractivity contribution in [2.24, 2.45) is 4.99 Å². The van der Waals surface area contributed by atoms with E-state index in [4.69, 9.17) is 9.57 Å². The standard InChI is InChI=1S/C18H24N2O3S/c1-6-23-16(18(21)20(4)22-5)14-7-9-15(10-8-14)17-19-11-12(2)13(3)24-17/h7-10,16H,6,11H2,1-5H3. The monoisotopic (exact) mass is 348 g/mol. The van der Waals surface area contributed by atoms with Crippen LogP contribution in [0.4, 0.5) is 0 Å². The highest BCUT2D eigenvalue weighted by Crippen LogP contribution is 2.30. The van der Waals surface area contributed by atoms with E-state index in [-0.39, 0.29) is 5.91 Å². The molecule has 0 bridgehead atoms. The summed E-state index contributed by atoms with van der Waals surface area (Å²) < 4.78 is 5.62. The topological polar surface area (TPSA) is 51.1 Å². The van der Waals surface area contributed by atoms with Gasteiger partial charge in [-0.2, -0.15) is 0 Å². The Bertz CT molecular complexity index is 653. The highest BCUT2D eigenvalue weighted by atomic mass is 32.2. The van der Waals surface area contributed by atoms with Crippen LogP contribution >= 0.6 is 11.8 Å². The van der Waals surface area contributed by atoms with E-state index in [9.17, 15) is 4.79 Å². The summed E-state index contributed by atoms with van der Waals surface area (Å²) in [6, 6.07) is 7.81. The highest BCUT2D eigenvalue weighted by Gasteiger charge is 2.25. The number of thioether (sulfide) groups is 1. The van der Waals surface area contributed by atoms with E-state index in [1.807, 2.05) is 31.2 Å². The molecule has 1 aromatic rings. The van der Waals surface area contributed by atoms with E-state index in [0.717, 1.165) is 22.7 Å². The number of ether oxygens (including phenoxy) is 1.